The van der Waals surface area contributed by atoms with Crippen molar-refractivity contribution < 1.29 is 33.3 Å². The van der Waals surface area contributed by atoms with Crippen LogP contribution in [0.25, 0.3) is 0 Å². The fourth-order valence-corrected chi connectivity index (χ4v) is 3.50. The summed E-state index contributed by atoms with van der Waals surface area (Å²) in [5.74, 6) is 1.31. The van der Waals surface area contributed by atoms with Crippen molar-refractivity contribution in [1.82, 2.24) is 0 Å². The maximum absolute atomic E-state index is 11.5. The van der Waals surface area contributed by atoms with E-state index in [1.165, 1.54) is 21.0 Å². The molecular weight excluding hydrogens is 352 g/mol. The lowest BCUT2D eigenvalue weighted by molar-refractivity contribution is -0.133. The third-order valence-electron chi connectivity index (χ3n) is 4.55. The fraction of sp³-hybridized carbons (Fsp3) is 0.300. The number of hydrogen-bond acceptors (Lipinski definition) is 7. The first kappa shape index (κ1) is 17.2. The van der Waals surface area contributed by atoms with Gasteiger partial charge in [-0.05, 0) is 18.2 Å². The van der Waals surface area contributed by atoms with Gasteiger partial charge in [0.1, 0.15) is 17.6 Å². The zero-order valence-electron chi connectivity index (χ0n) is 15.1. The van der Waals surface area contributed by atoms with Crippen LogP contribution in [0.3, 0.4) is 0 Å². The third kappa shape index (κ3) is 2.95. The Balaban J connectivity index is 1.72. The summed E-state index contributed by atoms with van der Waals surface area (Å²) in [6, 6.07) is 8.88. The normalized spacial score (nSPS) is 18.9. The fourth-order valence-electron chi connectivity index (χ4n) is 3.50. The summed E-state index contributed by atoms with van der Waals surface area (Å²) in [7, 11) is 1.50. The van der Waals surface area contributed by atoms with E-state index in [1.807, 2.05) is 12.1 Å². The average molecular weight is 370 g/mol. The molecule has 0 radical (unpaired) electrons. The summed E-state index contributed by atoms with van der Waals surface area (Å²) in [6.45, 7) is 3.03. The van der Waals surface area contributed by atoms with Crippen LogP contribution in [0.5, 0.6) is 28.7 Å². The molecule has 0 spiro atoms. The van der Waals surface area contributed by atoms with Crippen LogP contribution in [0.1, 0.15) is 37.0 Å². The molecule has 0 fully saturated rings. The number of esters is 2. The van der Waals surface area contributed by atoms with Crippen molar-refractivity contribution in [1.29, 1.82) is 0 Å². The smallest absolute Gasteiger partial charge is 0.308 e. The molecule has 0 saturated carbocycles. The van der Waals surface area contributed by atoms with Gasteiger partial charge in [0.25, 0.3) is 0 Å². The van der Waals surface area contributed by atoms with E-state index in [4.69, 9.17) is 23.7 Å². The highest BCUT2D eigenvalue weighted by atomic mass is 16.6. The van der Waals surface area contributed by atoms with Gasteiger partial charge in [0.2, 0.25) is 5.75 Å². The van der Waals surface area contributed by atoms with Crippen molar-refractivity contribution in [2.45, 2.75) is 25.9 Å². The Morgan fingerprint density at radius 1 is 1.04 bits per heavy atom. The van der Waals surface area contributed by atoms with Crippen LogP contribution in [0, 0.1) is 0 Å². The number of rotatable bonds is 3. The SMILES string of the molecule is COc1ccc2c(c1OC(C)=O)OC[C@H]1c3ccc(OC(C)=O)cc3O[C@@H]21. The maximum Gasteiger partial charge on any atom is 0.308 e. The number of ether oxygens (including phenoxy) is 5. The summed E-state index contributed by atoms with van der Waals surface area (Å²) in [5, 5.41) is 0. The third-order valence-corrected chi connectivity index (χ3v) is 4.55. The van der Waals surface area contributed by atoms with E-state index < -0.39 is 11.9 Å². The lowest BCUT2D eigenvalue weighted by Crippen LogP contribution is -2.24. The molecule has 140 valence electrons. The monoisotopic (exact) mass is 370 g/mol. The molecule has 4 rings (SSSR count). The number of fused-ring (bicyclic) bond motifs is 5. The van der Waals surface area contributed by atoms with E-state index in [9.17, 15) is 9.59 Å². The van der Waals surface area contributed by atoms with Crippen molar-refractivity contribution in [3.8, 4) is 28.7 Å². The Kier molecular flexibility index (Phi) is 4.14. The maximum atomic E-state index is 11.5. The molecule has 2 aromatic carbocycles. The molecule has 2 heterocycles. The van der Waals surface area contributed by atoms with Crippen molar-refractivity contribution in [2.24, 2.45) is 0 Å². The molecule has 2 atom stereocenters. The van der Waals surface area contributed by atoms with Crippen molar-refractivity contribution >= 4 is 11.9 Å². The zero-order chi connectivity index (χ0) is 19.1. The van der Waals surface area contributed by atoms with Gasteiger partial charge in [-0.25, -0.2) is 0 Å². The van der Waals surface area contributed by atoms with E-state index in [2.05, 4.69) is 0 Å². The minimum absolute atomic E-state index is 0.0162. The van der Waals surface area contributed by atoms with Gasteiger partial charge in [0, 0.05) is 31.0 Å². The molecule has 0 amide bonds. The van der Waals surface area contributed by atoms with Gasteiger partial charge >= 0.3 is 11.9 Å². The second-order valence-electron chi connectivity index (χ2n) is 6.36. The minimum Gasteiger partial charge on any atom is -0.493 e. The Morgan fingerprint density at radius 2 is 1.78 bits per heavy atom. The first-order valence-electron chi connectivity index (χ1n) is 8.49. The molecule has 0 bridgehead atoms. The Bertz CT molecular complexity index is 934. The predicted octanol–water partition coefficient (Wildman–Crippen LogP) is 3.16. The Morgan fingerprint density at radius 3 is 2.48 bits per heavy atom. The molecular formula is C20H18O7. The van der Waals surface area contributed by atoms with Crippen molar-refractivity contribution in [3.63, 3.8) is 0 Å². The molecule has 0 aliphatic carbocycles. The van der Waals surface area contributed by atoms with Crippen LogP contribution >= 0.6 is 0 Å². The Hall–Kier alpha value is -3.22. The van der Waals surface area contributed by atoms with Crippen LogP contribution in [0.4, 0.5) is 0 Å². The van der Waals surface area contributed by atoms with Gasteiger partial charge in [-0.1, -0.05) is 6.07 Å². The van der Waals surface area contributed by atoms with E-state index in [0.717, 1.165) is 11.1 Å². The molecule has 0 N–H and O–H groups in total. The molecule has 27 heavy (non-hydrogen) atoms. The van der Waals surface area contributed by atoms with E-state index in [-0.39, 0.29) is 17.8 Å². The molecule has 0 aromatic heterocycles. The van der Waals surface area contributed by atoms with Gasteiger partial charge in [-0.15, -0.1) is 0 Å². The molecule has 2 aliphatic heterocycles. The van der Waals surface area contributed by atoms with Crippen molar-refractivity contribution in [2.75, 3.05) is 13.7 Å². The van der Waals surface area contributed by atoms with Gasteiger partial charge < -0.3 is 23.7 Å². The number of methoxy groups -OCH3 is 1. The molecule has 2 aromatic rings. The zero-order valence-corrected chi connectivity index (χ0v) is 15.1. The summed E-state index contributed by atoms with van der Waals surface area (Å²) in [6.07, 6.45) is -0.295. The molecule has 0 saturated heterocycles. The quantitative estimate of drug-likeness (QED) is 0.606. The van der Waals surface area contributed by atoms with Gasteiger partial charge in [-0.3, -0.25) is 9.59 Å². The van der Waals surface area contributed by atoms with Crippen LogP contribution < -0.4 is 23.7 Å². The second-order valence-corrected chi connectivity index (χ2v) is 6.36. The van der Waals surface area contributed by atoms with E-state index in [0.29, 0.717) is 29.6 Å². The summed E-state index contributed by atoms with van der Waals surface area (Å²) in [5.41, 5.74) is 1.75. The highest BCUT2D eigenvalue weighted by Crippen LogP contribution is 2.55. The molecule has 7 heteroatoms. The minimum atomic E-state index is -0.464. The van der Waals surface area contributed by atoms with Gasteiger partial charge in [0.15, 0.2) is 11.5 Å². The number of carbonyl (C=O) groups excluding carboxylic acids is 2. The van der Waals surface area contributed by atoms with Crippen molar-refractivity contribution in [3.05, 3.63) is 41.5 Å². The number of benzene rings is 2. The largest absolute Gasteiger partial charge is 0.493 e. The number of hydrogen-bond donors (Lipinski definition) is 0. The van der Waals surface area contributed by atoms with E-state index in [1.54, 1.807) is 18.2 Å². The highest BCUT2D eigenvalue weighted by Gasteiger charge is 2.42. The first-order chi connectivity index (χ1) is 13.0. The first-order valence-corrected chi connectivity index (χ1v) is 8.49. The Labute approximate surface area is 155 Å². The summed E-state index contributed by atoms with van der Waals surface area (Å²) < 4.78 is 27.8. The second kappa shape index (κ2) is 6.50. The molecule has 0 unspecified atom stereocenters. The van der Waals surface area contributed by atoms with Gasteiger partial charge in [0.05, 0.1) is 19.6 Å². The standard InChI is InChI=1S/C20H18O7/c1-10(21)25-12-4-5-13-15-9-24-19-14(18(15)27-17(13)8-12)6-7-16(23-3)20(19)26-11(2)22/h4-8,15,18H,9H2,1-3H3/t15-,18-/m0/s1. The molecule has 2 aliphatic rings. The highest BCUT2D eigenvalue weighted by molar-refractivity contribution is 5.73. The van der Waals surface area contributed by atoms with Crippen LogP contribution in [0.2, 0.25) is 0 Å². The lowest BCUT2D eigenvalue weighted by Gasteiger charge is -2.29. The topological polar surface area (TPSA) is 80.3 Å². The van der Waals surface area contributed by atoms with Crippen LogP contribution in [-0.2, 0) is 9.59 Å². The van der Waals surface area contributed by atoms with E-state index >= 15 is 0 Å². The van der Waals surface area contributed by atoms with Crippen LogP contribution in [0.15, 0.2) is 30.3 Å². The average Bonchev–Trinajstić information content (AvgIpc) is 2.99. The molecule has 7 nitrogen and oxygen atoms in total. The summed E-state index contributed by atoms with van der Waals surface area (Å²) >= 11 is 0. The number of carbonyl (C=O) groups is 2. The predicted molar refractivity (Wildman–Crippen MR) is 93.7 cm³/mol. The van der Waals surface area contributed by atoms with Crippen LogP contribution in [-0.4, -0.2) is 25.7 Å². The lowest BCUT2D eigenvalue weighted by atomic mass is 9.89. The summed E-state index contributed by atoms with van der Waals surface area (Å²) in [4.78, 5) is 22.7. The van der Waals surface area contributed by atoms with Gasteiger partial charge in [-0.2, -0.15) is 0 Å².